The third-order valence-corrected chi connectivity index (χ3v) is 8.12. The van der Waals surface area contributed by atoms with Crippen LogP contribution in [-0.2, 0) is 9.53 Å². The molecule has 0 bridgehead atoms. The van der Waals surface area contributed by atoms with Gasteiger partial charge >= 0.3 is 6.09 Å². The topological polar surface area (TPSA) is 88.0 Å². The highest BCUT2D eigenvalue weighted by Gasteiger charge is 2.47. The number of halogens is 3. The maximum absolute atomic E-state index is 16.1. The molecule has 3 aromatic rings. The molecular formula is C30H34ClF2N5O4. The normalized spacial score (nSPS) is 19.0. The van der Waals surface area contributed by atoms with Crippen molar-refractivity contribution in [3.8, 4) is 5.69 Å². The number of carbonyl (C=O) groups is 2. The lowest BCUT2D eigenvalue weighted by Gasteiger charge is -2.49. The number of amides is 2. The molecule has 1 saturated heterocycles. The second-order valence-electron chi connectivity index (χ2n) is 12.3. The minimum absolute atomic E-state index is 0.0271. The van der Waals surface area contributed by atoms with Crippen molar-refractivity contribution in [3.05, 3.63) is 56.6 Å². The van der Waals surface area contributed by atoms with Crippen LogP contribution in [0.1, 0.15) is 58.7 Å². The molecular weight excluding hydrogens is 568 g/mol. The number of carbonyl (C=O) groups excluding carboxylic acids is 2. The van der Waals surface area contributed by atoms with E-state index in [4.69, 9.17) is 16.3 Å². The molecule has 0 N–H and O–H groups in total. The predicted octanol–water partition coefficient (Wildman–Crippen LogP) is 5.54. The van der Waals surface area contributed by atoms with Crippen LogP contribution in [0, 0.1) is 18.6 Å². The Hall–Kier alpha value is -3.73. The summed E-state index contributed by atoms with van der Waals surface area (Å²) in [4.78, 5) is 50.2. The van der Waals surface area contributed by atoms with E-state index in [2.05, 4.69) is 4.98 Å². The Balaban J connectivity index is 1.83. The molecule has 2 amide bonds. The first-order chi connectivity index (χ1) is 19.5. The van der Waals surface area contributed by atoms with E-state index < -0.39 is 51.9 Å². The number of aromatic nitrogens is 2. The zero-order valence-corrected chi connectivity index (χ0v) is 25.6. The molecule has 0 unspecified atom stereocenters. The van der Waals surface area contributed by atoms with E-state index in [0.717, 1.165) is 10.6 Å². The van der Waals surface area contributed by atoms with Gasteiger partial charge in [-0.15, -0.1) is 0 Å². The number of hydrogen-bond donors (Lipinski definition) is 0. The molecule has 2 aliphatic heterocycles. The SMILES string of the molecule is Cc1ccnc(C(C)C)c1-n1c(=O)c2c(c3cc(F)c(Cl)c(F)c31)N1C[C@@H](C)N(C(=O)OC(C)(C)C)C[C@@H]1C(=O)N2C. The van der Waals surface area contributed by atoms with Crippen molar-refractivity contribution in [2.24, 2.45) is 0 Å². The number of ether oxygens (including phenoxy) is 1. The van der Waals surface area contributed by atoms with E-state index in [0.29, 0.717) is 16.9 Å². The van der Waals surface area contributed by atoms with Crippen LogP contribution in [0.4, 0.5) is 25.0 Å². The second-order valence-corrected chi connectivity index (χ2v) is 12.7. The van der Waals surface area contributed by atoms with Crippen molar-refractivity contribution in [2.75, 3.05) is 29.9 Å². The fraction of sp³-hybridized carbons (Fsp3) is 0.467. The summed E-state index contributed by atoms with van der Waals surface area (Å²) in [5.41, 5.74) is 0.0536. The molecule has 4 heterocycles. The third kappa shape index (κ3) is 4.58. The number of fused-ring (bicyclic) bond motifs is 5. The van der Waals surface area contributed by atoms with E-state index in [-0.39, 0.29) is 41.3 Å². The number of piperazine rings is 1. The molecule has 2 aromatic heterocycles. The van der Waals surface area contributed by atoms with Crippen LogP contribution in [0.3, 0.4) is 0 Å². The van der Waals surface area contributed by atoms with Gasteiger partial charge in [0, 0.05) is 31.2 Å². The van der Waals surface area contributed by atoms with Gasteiger partial charge in [0.15, 0.2) is 5.82 Å². The molecule has 1 fully saturated rings. The van der Waals surface area contributed by atoms with Crippen LogP contribution in [0.5, 0.6) is 0 Å². The summed E-state index contributed by atoms with van der Waals surface area (Å²) in [6.45, 7) is 12.7. The highest BCUT2D eigenvalue weighted by atomic mass is 35.5. The van der Waals surface area contributed by atoms with Crippen LogP contribution in [-0.4, -0.2) is 64.3 Å². The molecule has 0 radical (unpaired) electrons. The molecule has 2 aliphatic rings. The molecule has 5 rings (SSSR count). The molecule has 0 spiro atoms. The summed E-state index contributed by atoms with van der Waals surface area (Å²) in [5, 5.41) is -0.674. The van der Waals surface area contributed by atoms with E-state index in [1.165, 1.54) is 16.8 Å². The maximum atomic E-state index is 16.1. The van der Waals surface area contributed by atoms with Crippen LogP contribution < -0.4 is 15.4 Å². The van der Waals surface area contributed by atoms with Gasteiger partial charge in [-0.1, -0.05) is 25.4 Å². The number of nitrogens with zero attached hydrogens (tertiary/aromatic N) is 5. The van der Waals surface area contributed by atoms with Crippen molar-refractivity contribution >= 4 is 45.9 Å². The average Bonchev–Trinajstić information content (AvgIpc) is 2.89. The van der Waals surface area contributed by atoms with E-state index in [1.54, 1.807) is 51.8 Å². The molecule has 224 valence electrons. The van der Waals surface area contributed by atoms with Gasteiger partial charge in [-0.3, -0.25) is 19.1 Å². The monoisotopic (exact) mass is 601 g/mol. The molecule has 0 saturated carbocycles. The number of rotatable bonds is 2. The lowest BCUT2D eigenvalue weighted by molar-refractivity contribution is -0.121. The molecule has 12 heteroatoms. The Morgan fingerprint density at radius 3 is 2.43 bits per heavy atom. The van der Waals surface area contributed by atoms with Crippen LogP contribution >= 0.6 is 11.6 Å². The Bertz CT molecular complexity index is 1700. The Morgan fingerprint density at radius 2 is 1.81 bits per heavy atom. The molecule has 9 nitrogen and oxygen atoms in total. The van der Waals surface area contributed by atoms with Crippen LogP contribution in [0.25, 0.3) is 16.6 Å². The van der Waals surface area contributed by atoms with E-state index in [1.807, 2.05) is 13.8 Å². The first-order valence-electron chi connectivity index (χ1n) is 13.8. The van der Waals surface area contributed by atoms with Gasteiger partial charge in [0.2, 0.25) is 0 Å². The Labute approximate surface area is 247 Å². The smallest absolute Gasteiger partial charge is 0.410 e. The first kappa shape index (κ1) is 29.8. The zero-order chi connectivity index (χ0) is 31.0. The minimum atomic E-state index is -1.10. The third-order valence-electron chi connectivity index (χ3n) is 7.78. The largest absolute Gasteiger partial charge is 0.444 e. The second kappa shape index (κ2) is 10.2. The first-order valence-corrected chi connectivity index (χ1v) is 14.2. The molecule has 42 heavy (non-hydrogen) atoms. The lowest BCUT2D eigenvalue weighted by Crippen LogP contribution is -2.66. The van der Waals surface area contributed by atoms with Gasteiger partial charge in [-0.25, -0.2) is 13.6 Å². The zero-order valence-electron chi connectivity index (χ0n) is 24.9. The van der Waals surface area contributed by atoms with Crippen molar-refractivity contribution < 1.29 is 23.1 Å². The summed E-state index contributed by atoms with van der Waals surface area (Å²) >= 11 is 6.10. The molecule has 2 atom stereocenters. The quantitative estimate of drug-likeness (QED) is 0.359. The number of likely N-dealkylation sites (N-methyl/N-ethyl adjacent to an activating group) is 1. The highest BCUT2D eigenvalue weighted by molar-refractivity contribution is 6.32. The van der Waals surface area contributed by atoms with Crippen molar-refractivity contribution in [2.45, 2.75) is 72.1 Å². The Kier molecular flexibility index (Phi) is 7.24. The number of anilines is 2. The van der Waals surface area contributed by atoms with Crippen molar-refractivity contribution in [1.29, 1.82) is 0 Å². The number of hydrogen-bond acceptors (Lipinski definition) is 6. The number of pyridine rings is 2. The van der Waals surface area contributed by atoms with Gasteiger partial charge in [-0.2, -0.15) is 0 Å². The van der Waals surface area contributed by atoms with Gasteiger partial charge in [0.1, 0.15) is 28.2 Å². The standard InChI is InChI=1S/C30H34ClF2N5O4/c1-14(2)22-23(15(3)9-10-34-22)38-24-17(11-18(32)20(31)21(24)33)25-26(28(38)40)35(8)27(39)19-13-36(16(4)12-37(19)25)29(41)42-30(5,6)7/h9-11,14,16,19H,12-13H2,1-8H3/t16-,19-/m1/s1. The summed E-state index contributed by atoms with van der Waals surface area (Å²) in [7, 11) is 1.45. The van der Waals surface area contributed by atoms with Gasteiger partial charge < -0.3 is 19.4 Å². The number of benzene rings is 1. The average molecular weight is 602 g/mol. The lowest BCUT2D eigenvalue weighted by atomic mass is 9.97. The fourth-order valence-corrected chi connectivity index (χ4v) is 6.00. The predicted molar refractivity (Wildman–Crippen MR) is 158 cm³/mol. The molecule has 0 aliphatic carbocycles. The maximum Gasteiger partial charge on any atom is 0.410 e. The Morgan fingerprint density at radius 1 is 1.14 bits per heavy atom. The van der Waals surface area contributed by atoms with E-state index >= 15 is 8.78 Å². The van der Waals surface area contributed by atoms with Gasteiger partial charge in [0.05, 0.1) is 29.1 Å². The fourth-order valence-electron chi connectivity index (χ4n) is 5.85. The minimum Gasteiger partial charge on any atom is -0.444 e. The van der Waals surface area contributed by atoms with Gasteiger partial charge in [0.25, 0.3) is 11.5 Å². The van der Waals surface area contributed by atoms with Crippen LogP contribution in [0.15, 0.2) is 23.1 Å². The highest BCUT2D eigenvalue weighted by Crippen LogP contribution is 2.44. The number of aryl methyl sites for hydroxylation is 1. The summed E-state index contributed by atoms with van der Waals surface area (Å²) in [6, 6.07) is 1.43. The van der Waals surface area contributed by atoms with E-state index in [9.17, 15) is 14.4 Å². The molecule has 1 aromatic carbocycles. The summed E-state index contributed by atoms with van der Waals surface area (Å²) in [5.74, 6) is -2.69. The van der Waals surface area contributed by atoms with Gasteiger partial charge in [-0.05, 0) is 58.2 Å². The van der Waals surface area contributed by atoms with Crippen molar-refractivity contribution in [1.82, 2.24) is 14.5 Å². The summed E-state index contributed by atoms with van der Waals surface area (Å²) < 4.78 is 38.0. The van der Waals surface area contributed by atoms with Crippen LogP contribution in [0.2, 0.25) is 5.02 Å². The summed E-state index contributed by atoms with van der Waals surface area (Å²) in [6.07, 6.45) is 1.03. The van der Waals surface area contributed by atoms with Crippen molar-refractivity contribution in [3.63, 3.8) is 0 Å².